The van der Waals surface area contributed by atoms with Gasteiger partial charge in [-0.1, -0.05) is 0 Å². The maximum Gasteiger partial charge on any atom is 0.168 e. The van der Waals surface area contributed by atoms with Gasteiger partial charge in [0.2, 0.25) is 0 Å². The molecule has 2 aromatic rings. The number of aromatic nitrogens is 2. The Bertz CT molecular complexity index is 473. The average molecular weight is 246 g/mol. The first-order chi connectivity index (χ1) is 8.77. The summed E-state index contributed by atoms with van der Waals surface area (Å²) >= 11 is 0. The normalized spacial score (nSPS) is 12.2. The number of ether oxygens (including phenoxy) is 1. The van der Waals surface area contributed by atoms with Gasteiger partial charge in [-0.2, -0.15) is 0 Å². The second kappa shape index (κ2) is 5.72. The molecule has 0 fully saturated rings. The van der Waals surface area contributed by atoms with E-state index in [9.17, 15) is 0 Å². The fraction of sp³-hybridized carbons (Fsp3) is 0.167. The molecule has 0 radical (unpaired) electrons. The van der Waals surface area contributed by atoms with Crippen LogP contribution < -0.4 is 15.8 Å². The molecule has 6 nitrogen and oxygen atoms in total. The highest BCUT2D eigenvalue weighted by Gasteiger charge is 2.07. The number of aromatic hydroxyl groups is 1. The zero-order valence-electron chi connectivity index (χ0n) is 9.71. The Morgan fingerprint density at radius 1 is 1.22 bits per heavy atom. The van der Waals surface area contributed by atoms with Gasteiger partial charge in [-0.3, -0.25) is 0 Å². The first-order valence-corrected chi connectivity index (χ1v) is 5.48. The lowest BCUT2D eigenvalue weighted by molar-refractivity contribution is 0.321. The topological polar surface area (TPSA) is 93.3 Å². The number of hydrogen-bond donors (Lipinski definition) is 3. The lowest BCUT2D eigenvalue weighted by Gasteiger charge is -2.16. The van der Waals surface area contributed by atoms with Crippen LogP contribution in [0.25, 0.3) is 0 Å². The van der Waals surface area contributed by atoms with Gasteiger partial charge in [-0.15, -0.1) is 0 Å². The smallest absolute Gasteiger partial charge is 0.168 e. The van der Waals surface area contributed by atoms with Crippen LogP contribution in [0.2, 0.25) is 0 Å². The summed E-state index contributed by atoms with van der Waals surface area (Å²) in [5.41, 5.74) is 5.16. The van der Waals surface area contributed by atoms with Gasteiger partial charge in [0.1, 0.15) is 6.61 Å². The van der Waals surface area contributed by atoms with E-state index in [1.807, 2.05) is 12.1 Å². The molecule has 1 aliphatic heterocycles. The molecule has 0 aromatic carbocycles. The standard InChI is InChI=1S/C7H8N2O.C5H6N2O/c1-2-6-7(8-3-1)9-4-5-10-6;6-5-4(8)2-1-3-7-5/h1-3H,4-5H2,(H,8,9);1-3,8H,(H2,6,7). The number of rotatable bonds is 0. The molecule has 3 rings (SSSR count). The van der Waals surface area contributed by atoms with E-state index in [1.165, 1.54) is 12.3 Å². The summed E-state index contributed by atoms with van der Waals surface area (Å²) in [6.45, 7) is 1.59. The molecule has 0 saturated carbocycles. The van der Waals surface area contributed by atoms with Gasteiger partial charge in [-0.05, 0) is 24.3 Å². The number of nitrogens with two attached hydrogens (primary N) is 1. The zero-order chi connectivity index (χ0) is 12.8. The van der Waals surface area contributed by atoms with Crippen LogP contribution in [0, 0.1) is 0 Å². The number of nitrogen functional groups attached to an aromatic ring is 1. The summed E-state index contributed by atoms with van der Waals surface area (Å²) in [4.78, 5) is 7.69. The van der Waals surface area contributed by atoms with Crippen molar-refractivity contribution in [2.45, 2.75) is 0 Å². The number of nitrogens with one attached hydrogen (secondary N) is 1. The molecule has 0 spiro atoms. The van der Waals surface area contributed by atoms with Crippen molar-refractivity contribution < 1.29 is 9.84 Å². The first-order valence-electron chi connectivity index (χ1n) is 5.48. The van der Waals surface area contributed by atoms with Crippen molar-refractivity contribution in [3.63, 3.8) is 0 Å². The van der Waals surface area contributed by atoms with Crippen molar-refractivity contribution in [3.05, 3.63) is 36.7 Å². The lowest BCUT2D eigenvalue weighted by Crippen LogP contribution is -2.18. The van der Waals surface area contributed by atoms with Crippen molar-refractivity contribution in [1.82, 2.24) is 9.97 Å². The molecule has 0 unspecified atom stereocenters. The van der Waals surface area contributed by atoms with Gasteiger partial charge in [-0.25, -0.2) is 9.97 Å². The van der Waals surface area contributed by atoms with E-state index in [2.05, 4.69) is 15.3 Å². The second-order valence-corrected chi connectivity index (χ2v) is 3.53. The summed E-state index contributed by atoms with van der Waals surface area (Å²) in [5.74, 6) is 1.92. The van der Waals surface area contributed by atoms with Crippen LogP contribution in [-0.4, -0.2) is 28.2 Å². The summed E-state index contributed by atoms with van der Waals surface area (Å²) in [6, 6.07) is 6.88. The van der Waals surface area contributed by atoms with Gasteiger partial charge >= 0.3 is 0 Å². The maximum atomic E-state index is 8.73. The monoisotopic (exact) mass is 246 g/mol. The van der Waals surface area contributed by atoms with Crippen LogP contribution in [0.15, 0.2) is 36.7 Å². The van der Waals surface area contributed by atoms with E-state index in [1.54, 1.807) is 12.3 Å². The number of hydrogen-bond acceptors (Lipinski definition) is 6. The minimum Gasteiger partial charge on any atom is -0.504 e. The van der Waals surface area contributed by atoms with Crippen molar-refractivity contribution in [3.8, 4) is 11.5 Å². The van der Waals surface area contributed by atoms with E-state index >= 15 is 0 Å². The Morgan fingerprint density at radius 3 is 2.67 bits per heavy atom. The average Bonchev–Trinajstić information content (AvgIpc) is 2.43. The van der Waals surface area contributed by atoms with E-state index in [0.29, 0.717) is 0 Å². The second-order valence-electron chi connectivity index (χ2n) is 3.53. The highest BCUT2D eigenvalue weighted by Crippen LogP contribution is 2.22. The molecule has 0 amide bonds. The summed E-state index contributed by atoms with van der Waals surface area (Å²) in [5, 5.41) is 11.9. The lowest BCUT2D eigenvalue weighted by atomic mass is 10.4. The Balaban J connectivity index is 0.000000138. The van der Waals surface area contributed by atoms with E-state index in [4.69, 9.17) is 15.6 Å². The zero-order valence-corrected chi connectivity index (χ0v) is 9.71. The van der Waals surface area contributed by atoms with Crippen LogP contribution in [0.5, 0.6) is 11.5 Å². The van der Waals surface area contributed by atoms with Crippen LogP contribution >= 0.6 is 0 Å². The van der Waals surface area contributed by atoms with Gasteiger partial charge < -0.3 is 20.9 Å². The Kier molecular flexibility index (Phi) is 3.80. The summed E-state index contributed by atoms with van der Waals surface area (Å²) in [6.07, 6.45) is 3.27. The Morgan fingerprint density at radius 2 is 2.00 bits per heavy atom. The van der Waals surface area contributed by atoms with Gasteiger partial charge in [0, 0.05) is 12.4 Å². The largest absolute Gasteiger partial charge is 0.504 e. The molecule has 0 bridgehead atoms. The predicted octanol–water partition coefficient (Wildman–Crippen LogP) is 1.26. The predicted molar refractivity (Wildman–Crippen MR) is 68.5 cm³/mol. The fourth-order valence-electron chi connectivity index (χ4n) is 1.38. The molecular weight excluding hydrogens is 232 g/mol. The molecule has 4 N–H and O–H groups in total. The number of anilines is 2. The minimum absolute atomic E-state index is 0.0347. The van der Waals surface area contributed by atoms with Gasteiger partial charge in [0.05, 0.1) is 6.54 Å². The van der Waals surface area contributed by atoms with Crippen LogP contribution in [-0.2, 0) is 0 Å². The molecule has 0 aliphatic carbocycles. The van der Waals surface area contributed by atoms with E-state index in [0.717, 1.165) is 24.7 Å². The molecular formula is C12H14N4O2. The SMILES string of the molecule is Nc1ncccc1O.c1cnc2c(c1)OCCN2. The number of fused-ring (bicyclic) bond motifs is 1. The van der Waals surface area contributed by atoms with Gasteiger partial charge in [0.15, 0.2) is 23.1 Å². The molecule has 6 heteroatoms. The highest BCUT2D eigenvalue weighted by molar-refractivity contribution is 5.50. The third-order valence-corrected chi connectivity index (χ3v) is 2.24. The summed E-state index contributed by atoms with van der Waals surface area (Å²) < 4.78 is 5.30. The molecule has 18 heavy (non-hydrogen) atoms. The van der Waals surface area contributed by atoms with E-state index < -0.39 is 0 Å². The third-order valence-electron chi connectivity index (χ3n) is 2.24. The molecule has 94 valence electrons. The van der Waals surface area contributed by atoms with Crippen LogP contribution in [0.1, 0.15) is 0 Å². The molecule has 0 atom stereocenters. The third kappa shape index (κ3) is 3.00. The summed E-state index contributed by atoms with van der Waals surface area (Å²) in [7, 11) is 0. The van der Waals surface area contributed by atoms with Crippen LogP contribution in [0.4, 0.5) is 11.6 Å². The van der Waals surface area contributed by atoms with Crippen molar-refractivity contribution in [2.24, 2.45) is 0 Å². The number of pyridine rings is 2. The van der Waals surface area contributed by atoms with Crippen LogP contribution in [0.3, 0.4) is 0 Å². The quantitative estimate of drug-likeness (QED) is 0.648. The van der Waals surface area contributed by atoms with Crippen molar-refractivity contribution in [1.29, 1.82) is 0 Å². The highest BCUT2D eigenvalue weighted by atomic mass is 16.5. The van der Waals surface area contributed by atoms with Crippen molar-refractivity contribution in [2.75, 3.05) is 24.2 Å². The fourth-order valence-corrected chi connectivity index (χ4v) is 1.38. The molecule has 0 saturated heterocycles. The molecule has 2 aromatic heterocycles. The Labute approximate surface area is 104 Å². The number of nitrogens with zero attached hydrogens (tertiary/aromatic N) is 2. The van der Waals surface area contributed by atoms with Gasteiger partial charge in [0.25, 0.3) is 0 Å². The maximum absolute atomic E-state index is 8.73. The minimum atomic E-state index is 0.0347. The first kappa shape index (κ1) is 12.0. The molecule has 3 heterocycles. The Hall–Kier alpha value is -2.50. The van der Waals surface area contributed by atoms with E-state index in [-0.39, 0.29) is 11.6 Å². The van der Waals surface area contributed by atoms with Crippen molar-refractivity contribution >= 4 is 11.6 Å². The molecule has 1 aliphatic rings.